The third-order valence-electron chi connectivity index (χ3n) is 4.04. The largest absolute Gasteiger partial charge is 0.550 e. The minimum absolute atomic E-state index is 0.0559. The Kier molecular flexibility index (Phi) is 4.33. The normalized spacial score (nSPS) is 39.1. The number of rotatable bonds is 4. The zero-order chi connectivity index (χ0) is 17.7. The Morgan fingerprint density at radius 1 is 0.958 bits per heavy atom. The van der Waals surface area contributed by atoms with Crippen molar-refractivity contribution in [1.82, 2.24) is 5.32 Å². The van der Waals surface area contributed by atoms with Gasteiger partial charge in [-0.05, 0) is 27.7 Å². The molecule has 3 aliphatic heterocycles. The molecule has 3 fully saturated rings. The van der Waals surface area contributed by atoms with Gasteiger partial charge in [-0.25, -0.2) is 0 Å². The Labute approximate surface area is 139 Å². The van der Waals surface area contributed by atoms with Gasteiger partial charge >= 0.3 is 0 Å². The predicted molar refractivity (Wildman–Crippen MR) is 75.2 cm³/mol. The molecule has 0 aromatic carbocycles. The van der Waals surface area contributed by atoms with Gasteiger partial charge in [0.25, 0.3) is 5.91 Å². The summed E-state index contributed by atoms with van der Waals surface area (Å²) in [5.41, 5.74) is 0. The van der Waals surface area contributed by atoms with Crippen LogP contribution in [0.2, 0.25) is 0 Å². The van der Waals surface area contributed by atoms with Crippen LogP contribution in [-0.4, -0.2) is 60.7 Å². The van der Waals surface area contributed by atoms with E-state index in [2.05, 4.69) is 5.32 Å². The summed E-state index contributed by atoms with van der Waals surface area (Å²) in [4.78, 5) is 22.9. The number of aliphatic carboxylic acids is 1. The predicted octanol–water partition coefficient (Wildman–Crippen LogP) is -1.36. The fraction of sp³-hybridized carbons (Fsp3) is 0.867. The molecule has 3 aliphatic rings. The molecule has 9 nitrogen and oxygen atoms in total. The van der Waals surface area contributed by atoms with E-state index in [0.29, 0.717) is 0 Å². The highest BCUT2D eigenvalue weighted by atomic mass is 16.9. The Bertz CT molecular complexity index is 534. The lowest BCUT2D eigenvalue weighted by atomic mass is 9.98. The number of hydrogen-bond donors (Lipinski definition) is 1. The lowest BCUT2D eigenvalue weighted by Crippen LogP contribution is -2.59. The fourth-order valence-corrected chi connectivity index (χ4v) is 3.21. The van der Waals surface area contributed by atoms with Gasteiger partial charge in [-0.1, -0.05) is 0 Å². The van der Waals surface area contributed by atoms with Crippen molar-refractivity contribution >= 4 is 11.9 Å². The minimum Gasteiger partial charge on any atom is -0.550 e. The number of carboxylic acids is 1. The van der Waals surface area contributed by atoms with Crippen molar-refractivity contribution in [2.75, 3.05) is 6.54 Å². The van der Waals surface area contributed by atoms with E-state index >= 15 is 0 Å². The van der Waals surface area contributed by atoms with Crippen molar-refractivity contribution in [2.24, 2.45) is 0 Å². The van der Waals surface area contributed by atoms with Crippen molar-refractivity contribution in [3.63, 3.8) is 0 Å². The van der Waals surface area contributed by atoms with E-state index in [-0.39, 0.29) is 13.0 Å². The summed E-state index contributed by atoms with van der Waals surface area (Å²) >= 11 is 0. The highest BCUT2D eigenvalue weighted by Crippen LogP contribution is 2.44. The molecule has 3 heterocycles. The molecule has 5 atom stereocenters. The Hall–Kier alpha value is -1.26. The van der Waals surface area contributed by atoms with Crippen LogP contribution in [0.15, 0.2) is 0 Å². The summed E-state index contributed by atoms with van der Waals surface area (Å²) in [6.07, 6.45) is -3.76. The van der Waals surface area contributed by atoms with Crippen LogP contribution < -0.4 is 10.4 Å². The maximum Gasteiger partial charge on any atom is 0.252 e. The van der Waals surface area contributed by atoms with E-state index in [1.807, 2.05) is 0 Å². The summed E-state index contributed by atoms with van der Waals surface area (Å²) < 4.78 is 29.0. The molecule has 1 N–H and O–H groups in total. The zero-order valence-electron chi connectivity index (χ0n) is 14.1. The van der Waals surface area contributed by atoms with Crippen molar-refractivity contribution in [3.8, 4) is 0 Å². The van der Waals surface area contributed by atoms with E-state index in [9.17, 15) is 14.7 Å². The second-order valence-corrected chi connectivity index (χ2v) is 7.00. The molecule has 3 rings (SSSR count). The molecule has 0 aromatic rings. The third-order valence-corrected chi connectivity index (χ3v) is 4.04. The maximum absolute atomic E-state index is 12.4. The average Bonchev–Trinajstić information content (AvgIpc) is 2.91. The van der Waals surface area contributed by atoms with Gasteiger partial charge in [-0.15, -0.1) is 0 Å². The maximum atomic E-state index is 12.4. The lowest BCUT2D eigenvalue weighted by molar-refractivity contribution is -0.305. The SMILES string of the molecule is CC1(C)O[C@H]2[C@@H](O1)[C@H](C(=O)NCCC(=O)[O-])O[C@H]1OC(C)(C)O[C@@H]12. The molecule has 0 unspecified atom stereocenters. The molecule has 1 amide bonds. The van der Waals surface area contributed by atoms with Crippen molar-refractivity contribution in [1.29, 1.82) is 0 Å². The molecule has 0 aromatic heterocycles. The number of fused-ring (bicyclic) bond motifs is 3. The zero-order valence-corrected chi connectivity index (χ0v) is 14.1. The van der Waals surface area contributed by atoms with E-state index < -0.39 is 54.2 Å². The van der Waals surface area contributed by atoms with E-state index in [0.717, 1.165) is 0 Å². The molecule has 9 heteroatoms. The van der Waals surface area contributed by atoms with E-state index in [1.54, 1.807) is 27.7 Å². The second kappa shape index (κ2) is 5.92. The van der Waals surface area contributed by atoms with E-state index in [4.69, 9.17) is 23.7 Å². The molecule has 3 saturated heterocycles. The molecule has 0 bridgehead atoms. The van der Waals surface area contributed by atoms with Crippen LogP contribution in [0.1, 0.15) is 34.1 Å². The monoisotopic (exact) mass is 344 g/mol. The van der Waals surface area contributed by atoms with Crippen LogP contribution in [0.5, 0.6) is 0 Å². The first kappa shape index (κ1) is 17.6. The quantitative estimate of drug-likeness (QED) is 0.665. The van der Waals surface area contributed by atoms with Crippen LogP contribution in [-0.2, 0) is 33.3 Å². The summed E-state index contributed by atoms with van der Waals surface area (Å²) in [5, 5.41) is 13.0. The van der Waals surface area contributed by atoms with Gasteiger partial charge in [-0.2, -0.15) is 0 Å². The van der Waals surface area contributed by atoms with Crippen molar-refractivity contribution in [3.05, 3.63) is 0 Å². The van der Waals surface area contributed by atoms with Crippen LogP contribution >= 0.6 is 0 Å². The van der Waals surface area contributed by atoms with Crippen molar-refractivity contribution < 1.29 is 38.4 Å². The summed E-state index contributed by atoms with van der Waals surface area (Å²) in [6.45, 7) is 6.93. The van der Waals surface area contributed by atoms with Crippen LogP contribution in [0.4, 0.5) is 0 Å². The first-order valence-corrected chi connectivity index (χ1v) is 7.92. The van der Waals surface area contributed by atoms with Gasteiger partial charge < -0.3 is 38.9 Å². The van der Waals surface area contributed by atoms with Crippen LogP contribution in [0.3, 0.4) is 0 Å². The second-order valence-electron chi connectivity index (χ2n) is 7.00. The van der Waals surface area contributed by atoms with E-state index in [1.165, 1.54) is 0 Å². The molecule has 0 radical (unpaired) electrons. The Morgan fingerprint density at radius 3 is 2.21 bits per heavy atom. The van der Waals surface area contributed by atoms with Gasteiger partial charge in [0.1, 0.15) is 18.3 Å². The Balaban J connectivity index is 1.75. The minimum atomic E-state index is -1.24. The molecule has 24 heavy (non-hydrogen) atoms. The number of hydrogen-bond acceptors (Lipinski definition) is 8. The molecule has 0 saturated carbocycles. The van der Waals surface area contributed by atoms with Gasteiger partial charge in [0.05, 0.1) is 0 Å². The van der Waals surface area contributed by atoms with Crippen LogP contribution in [0, 0.1) is 0 Å². The topological polar surface area (TPSA) is 115 Å². The molecular formula is C15H22NO8-. The standard InChI is InChI=1S/C15H23NO8/c1-14(2)21-8-9(22-14)11-13(24-15(3,4)23-11)20-10(8)12(19)16-6-5-7(17)18/h8-11,13H,5-6H2,1-4H3,(H,16,19)(H,17,18)/p-1/t8-,9+,10-,11-,13+/m1/s1. The number of ether oxygens (including phenoxy) is 5. The highest BCUT2D eigenvalue weighted by molar-refractivity contribution is 5.82. The summed E-state index contributed by atoms with van der Waals surface area (Å²) in [5.74, 6) is -3.49. The van der Waals surface area contributed by atoms with Gasteiger partial charge in [0.15, 0.2) is 24.0 Å². The number of amides is 1. The molecular weight excluding hydrogens is 322 g/mol. The lowest BCUT2D eigenvalue weighted by Gasteiger charge is -2.36. The fourth-order valence-electron chi connectivity index (χ4n) is 3.21. The number of carboxylic acid groups (broad SMARTS) is 1. The third kappa shape index (κ3) is 3.40. The van der Waals surface area contributed by atoms with Crippen LogP contribution in [0.25, 0.3) is 0 Å². The van der Waals surface area contributed by atoms with Gasteiger partial charge in [0.2, 0.25) is 0 Å². The van der Waals surface area contributed by atoms with Crippen molar-refractivity contribution in [2.45, 2.75) is 76.4 Å². The molecule has 136 valence electrons. The highest BCUT2D eigenvalue weighted by Gasteiger charge is 2.62. The smallest absolute Gasteiger partial charge is 0.252 e. The molecule has 0 aliphatic carbocycles. The Morgan fingerprint density at radius 2 is 1.54 bits per heavy atom. The number of nitrogens with one attached hydrogen (secondary N) is 1. The molecule has 0 spiro atoms. The number of carbonyl (C=O) groups is 2. The first-order valence-electron chi connectivity index (χ1n) is 7.92. The van der Waals surface area contributed by atoms with Gasteiger partial charge in [-0.3, -0.25) is 4.79 Å². The van der Waals surface area contributed by atoms with Gasteiger partial charge in [0, 0.05) is 18.9 Å². The summed E-state index contributed by atoms with van der Waals surface area (Å²) in [7, 11) is 0. The number of carbonyl (C=O) groups excluding carboxylic acids is 2. The summed E-state index contributed by atoms with van der Waals surface area (Å²) in [6, 6.07) is 0. The average molecular weight is 344 g/mol. The first-order chi connectivity index (χ1) is 11.1.